The first kappa shape index (κ1) is 23.7. The van der Waals surface area contributed by atoms with Crippen LogP contribution in [0.5, 0.6) is 0 Å². The molecular weight excluding hydrogens is 457 g/mol. The third-order valence-electron chi connectivity index (χ3n) is 5.13. The standard InChI is InChI=1S/C25H21F3N6O/c1-34(2)18-6-3-5-17(14-18)32-24(35)16-8-9-20(25(26,27)28)22(13-16)33-23-19(7-4-11-30-23)21-10-12-29-15-31-21/h3-15H,1-2H3,(H,30,33)(H,32,35). The van der Waals surface area contributed by atoms with Gasteiger partial charge in [-0.3, -0.25) is 4.79 Å². The Morgan fingerprint density at radius 1 is 0.943 bits per heavy atom. The van der Waals surface area contributed by atoms with Gasteiger partial charge in [-0.05, 0) is 54.6 Å². The van der Waals surface area contributed by atoms with Crippen LogP contribution in [0.3, 0.4) is 0 Å². The number of hydrogen-bond acceptors (Lipinski definition) is 6. The molecule has 2 aromatic carbocycles. The van der Waals surface area contributed by atoms with E-state index in [2.05, 4.69) is 25.6 Å². The molecule has 178 valence electrons. The fourth-order valence-corrected chi connectivity index (χ4v) is 3.39. The number of amides is 1. The van der Waals surface area contributed by atoms with Crippen molar-refractivity contribution in [3.8, 4) is 11.3 Å². The summed E-state index contributed by atoms with van der Waals surface area (Å²) < 4.78 is 41.4. The second-order valence-corrected chi connectivity index (χ2v) is 7.78. The fourth-order valence-electron chi connectivity index (χ4n) is 3.39. The summed E-state index contributed by atoms with van der Waals surface area (Å²) in [4.78, 5) is 27.0. The molecule has 0 saturated heterocycles. The molecule has 0 aliphatic heterocycles. The average Bonchev–Trinajstić information content (AvgIpc) is 2.84. The van der Waals surface area contributed by atoms with Crippen LogP contribution in [0.4, 0.5) is 36.1 Å². The maximum absolute atomic E-state index is 13.8. The Bertz CT molecular complexity index is 1340. The van der Waals surface area contributed by atoms with Crippen molar-refractivity contribution in [2.75, 3.05) is 29.6 Å². The van der Waals surface area contributed by atoms with Gasteiger partial charge in [-0.1, -0.05) is 6.07 Å². The van der Waals surface area contributed by atoms with Crippen molar-refractivity contribution in [1.29, 1.82) is 0 Å². The van der Waals surface area contributed by atoms with Gasteiger partial charge >= 0.3 is 6.18 Å². The Morgan fingerprint density at radius 2 is 1.77 bits per heavy atom. The number of nitrogens with one attached hydrogen (secondary N) is 2. The molecule has 7 nitrogen and oxygen atoms in total. The lowest BCUT2D eigenvalue weighted by molar-refractivity contribution is -0.136. The van der Waals surface area contributed by atoms with E-state index in [0.29, 0.717) is 16.9 Å². The van der Waals surface area contributed by atoms with Gasteiger partial charge < -0.3 is 15.5 Å². The normalized spacial score (nSPS) is 11.1. The van der Waals surface area contributed by atoms with E-state index in [-0.39, 0.29) is 17.1 Å². The van der Waals surface area contributed by atoms with Crippen LogP contribution in [0.15, 0.2) is 79.4 Å². The van der Waals surface area contributed by atoms with E-state index >= 15 is 0 Å². The Hall–Kier alpha value is -4.47. The van der Waals surface area contributed by atoms with Crippen LogP contribution >= 0.6 is 0 Å². The lowest BCUT2D eigenvalue weighted by Gasteiger charge is -2.17. The van der Waals surface area contributed by atoms with Crippen LogP contribution < -0.4 is 15.5 Å². The summed E-state index contributed by atoms with van der Waals surface area (Å²) in [5.41, 5.74) is 1.17. The lowest BCUT2D eigenvalue weighted by atomic mass is 10.1. The van der Waals surface area contributed by atoms with Crippen molar-refractivity contribution in [2.24, 2.45) is 0 Å². The van der Waals surface area contributed by atoms with E-state index in [4.69, 9.17) is 0 Å². The molecule has 0 saturated carbocycles. The maximum Gasteiger partial charge on any atom is 0.418 e. The minimum atomic E-state index is -4.65. The highest BCUT2D eigenvalue weighted by molar-refractivity contribution is 6.05. The Kier molecular flexibility index (Phi) is 6.63. The molecule has 0 aliphatic carbocycles. The molecule has 1 amide bonds. The zero-order valence-electron chi connectivity index (χ0n) is 18.8. The number of carbonyl (C=O) groups is 1. The van der Waals surface area contributed by atoms with Gasteiger partial charge in [-0.2, -0.15) is 13.2 Å². The third-order valence-corrected chi connectivity index (χ3v) is 5.13. The predicted molar refractivity (Wildman–Crippen MR) is 129 cm³/mol. The monoisotopic (exact) mass is 478 g/mol. The number of rotatable bonds is 6. The highest BCUT2D eigenvalue weighted by Gasteiger charge is 2.34. The van der Waals surface area contributed by atoms with Gasteiger partial charge in [-0.15, -0.1) is 0 Å². The summed E-state index contributed by atoms with van der Waals surface area (Å²) in [5.74, 6) is -0.386. The van der Waals surface area contributed by atoms with Crippen molar-refractivity contribution >= 4 is 28.8 Å². The van der Waals surface area contributed by atoms with Gasteiger partial charge in [0, 0.05) is 49.0 Å². The molecule has 4 rings (SSSR count). The molecular formula is C25H21F3N6O. The zero-order valence-corrected chi connectivity index (χ0v) is 18.8. The smallest absolute Gasteiger partial charge is 0.378 e. The van der Waals surface area contributed by atoms with E-state index in [1.54, 1.807) is 36.4 Å². The Morgan fingerprint density at radius 3 is 2.49 bits per heavy atom. The Balaban J connectivity index is 1.69. The third kappa shape index (κ3) is 5.55. The number of benzene rings is 2. The van der Waals surface area contributed by atoms with Gasteiger partial charge in [0.2, 0.25) is 0 Å². The van der Waals surface area contributed by atoms with Crippen LogP contribution in [0.2, 0.25) is 0 Å². The van der Waals surface area contributed by atoms with Gasteiger partial charge in [0.1, 0.15) is 12.1 Å². The molecule has 0 radical (unpaired) electrons. The quantitative estimate of drug-likeness (QED) is 0.374. The number of alkyl halides is 3. The minimum absolute atomic E-state index is 0.0512. The maximum atomic E-state index is 13.8. The molecule has 0 bridgehead atoms. The summed E-state index contributed by atoms with van der Waals surface area (Å²) in [5, 5.41) is 5.48. The first-order chi connectivity index (χ1) is 16.7. The number of nitrogens with zero attached hydrogens (tertiary/aromatic N) is 4. The number of hydrogen-bond donors (Lipinski definition) is 2. The van der Waals surface area contributed by atoms with Crippen LogP contribution in [-0.4, -0.2) is 35.0 Å². The van der Waals surface area contributed by atoms with Crippen molar-refractivity contribution in [2.45, 2.75) is 6.18 Å². The number of anilines is 4. The largest absolute Gasteiger partial charge is 0.418 e. The van der Waals surface area contributed by atoms with E-state index in [9.17, 15) is 18.0 Å². The molecule has 4 aromatic rings. The first-order valence-electron chi connectivity index (χ1n) is 10.5. The Labute approximate surface area is 199 Å². The summed E-state index contributed by atoms with van der Waals surface area (Å²) in [6, 6.07) is 15.3. The molecule has 2 heterocycles. The van der Waals surface area contributed by atoms with Gasteiger partial charge in [0.15, 0.2) is 0 Å². The van der Waals surface area contributed by atoms with Crippen molar-refractivity contribution < 1.29 is 18.0 Å². The molecule has 0 aliphatic rings. The van der Waals surface area contributed by atoms with Crippen LogP contribution in [0.1, 0.15) is 15.9 Å². The minimum Gasteiger partial charge on any atom is -0.378 e. The SMILES string of the molecule is CN(C)c1cccc(NC(=O)c2ccc(C(F)(F)F)c(Nc3ncccc3-c3ccncn3)c2)c1. The summed E-state index contributed by atoms with van der Waals surface area (Å²) in [6.07, 6.45) is -0.337. The predicted octanol–water partition coefficient (Wildman–Crippen LogP) is 5.62. The molecule has 0 unspecified atom stereocenters. The highest BCUT2D eigenvalue weighted by Crippen LogP contribution is 2.38. The van der Waals surface area contributed by atoms with Crippen molar-refractivity contribution in [3.05, 3.63) is 90.5 Å². The second kappa shape index (κ2) is 9.80. The van der Waals surface area contributed by atoms with Crippen molar-refractivity contribution in [3.63, 3.8) is 0 Å². The highest BCUT2D eigenvalue weighted by atomic mass is 19.4. The topological polar surface area (TPSA) is 83.0 Å². The van der Waals surface area contributed by atoms with Crippen LogP contribution in [0, 0.1) is 0 Å². The van der Waals surface area contributed by atoms with Gasteiger partial charge in [-0.25, -0.2) is 15.0 Å². The van der Waals surface area contributed by atoms with Crippen LogP contribution in [-0.2, 0) is 6.18 Å². The number of halogens is 3. The number of pyridine rings is 1. The van der Waals surface area contributed by atoms with E-state index < -0.39 is 17.6 Å². The zero-order chi connectivity index (χ0) is 25.0. The number of carbonyl (C=O) groups excluding carboxylic acids is 1. The summed E-state index contributed by atoms with van der Waals surface area (Å²) >= 11 is 0. The van der Waals surface area contributed by atoms with Gasteiger partial charge in [0.05, 0.1) is 16.9 Å². The fraction of sp³-hybridized carbons (Fsp3) is 0.120. The lowest BCUT2D eigenvalue weighted by Crippen LogP contribution is -2.15. The van der Waals surface area contributed by atoms with Gasteiger partial charge in [0.25, 0.3) is 5.91 Å². The molecule has 35 heavy (non-hydrogen) atoms. The molecule has 2 aromatic heterocycles. The molecule has 2 N–H and O–H groups in total. The summed E-state index contributed by atoms with van der Waals surface area (Å²) in [7, 11) is 3.73. The molecule has 0 spiro atoms. The second-order valence-electron chi connectivity index (χ2n) is 7.78. The van der Waals surface area contributed by atoms with E-state index in [0.717, 1.165) is 23.9 Å². The average molecular weight is 478 g/mol. The molecule has 0 atom stereocenters. The first-order valence-corrected chi connectivity index (χ1v) is 10.5. The molecule has 10 heteroatoms. The number of aromatic nitrogens is 3. The van der Waals surface area contributed by atoms with Crippen molar-refractivity contribution in [1.82, 2.24) is 15.0 Å². The van der Waals surface area contributed by atoms with Crippen LogP contribution in [0.25, 0.3) is 11.3 Å². The van der Waals surface area contributed by atoms with E-state index in [1.165, 1.54) is 18.7 Å². The summed E-state index contributed by atoms with van der Waals surface area (Å²) in [6.45, 7) is 0. The van der Waals surface area contributed by atoms with E-state index in [1.807, 2.05) is 25.1 Å². The molecule has 0 fully saturated rings.